The lowest BCUT2D eigenvalue weighted by Gasteiger charge is -2.56. The molecular formula is C54H72O25Si15. The Morgan fingerprint density at radius 2 is 0.436 bits per heavy atom. The lowest BCUT2D eigenvalue weighted by Crippen LogP contribution is -2.91. The van der Waals surface area contributed by atoms with Gasteiger partial charge in [-0.15, -0.1) is 0 Å². The van der Waals surface area contributed by atoms with Crippen LogP contribution in [0.5, 0.6) is 0 Å². The molecule has 8 atom stereocenters. The summed E-state index contributed by atoms with van der Waals surface area (Å²) in [6.07, 6.45) is 0. The van der Waals surface area contributed by atoms with Crippen molar-refractivity contribution in [1.82, 2.24) is 0 Å². The summed E-state index contributed by atoms with van der Waals surface area (Å²) in [5.41, 5.74) is 0. The van der Waals surface area contributed by atoms with Crippen molar-refractivity contribution in [2.75, 3.05) is 0 Å². The van der Waals surface area contributed by atoms with Crippen molar-refractivity contribution in [3.05, 3.63) is 212 Å². The van der Waals surface area contributed by atoms with Crippen LogP contribution >= 0.6 is 0 Å². The highest BCUT2D eigenvalue weighted by Crippen LogP contribution is 2.47. The second kappa shape index (κ2) is 26.7. The number of fused-ring (bicyclic) bond motifs is 7. The molecule has 25 nitrogen and oxygen atoms in total. The zero-order chi connectivity index (χ0) is 65.8. The van der Waals surface area contributed by atoms with Gasteiger partial charge in [-0.3, -0.25) is 0 Å². The van der Waals surface area contributed by atoms with E-state index in [9.17, 15) is 24.0 Å². The number of hydrogen-bond donors (Lipinski definition) is 5. The van der Waals surface area contributed by atoms with E-state index in [1.165, 1.54) is 0 Å². The minimum absolute atomic E-state index is 0.239. The van der Waals surface area contributed by atoms with E-state index >= 15 is 0 Å². The van der Waals surface area contributed by atoms with Gasteiger partial charge in [0.1, 0.15) is 0 Å². The number of hydrogen-bond acceptors (Lipinski definition) is 25. The average Bonchev–Trinajstić information content (AvgIpc) is 0.695. The third-order valence-corrected chi connectivity index (χ3v) is 73.7. The summed E-state index contributed by atoms with van der Waals surface area (Å²) in [5, 5.41) is 2.18. The predicted octanol–water partition coefficient (Wildman–Crippen LogP) is 1.47. The predicted molar refractivity (Wildman–Crippen MR) is 367 cm³/mol. The van der Waals surface area contributed by atoms with E-state index in [0.29, 0.717) is 44.9 Å². The second-order valence-corrected chi connectivity index (χ2v) is 65.1. The summed E-state index contributed by atoms with van der Waals surface area (Å²) in [4.78, 5) is 64.0. The van der Waals surface area contributed by atoms with Crippen LogP contribution in [-0.4, -0.2) is 157 Å². The second-order valence-electron chi connectivity index (χ2n) is 22.5. The van der Waals surface area contributed by atoms with Crippen LogP contribution in [0.1, 0.15) is 41.5 Å². The van der Waals surface area contributed by atoms with Gasteiger partial charge >= 0.3 is 134 Å². The molecule has 7 fully saturated rings. The molecule has 7 aliphatic rings. The first-order chi connectivity index (χ1) is 45.1. The summed E-state index contributed by atoms with van der Waals surface area (Å²) >= 11 is 0. The third kappa shape index (κ3) is 13.3. The van der Waals surface area contributed by atoms with Crippen LogP contribution < -0.4 is 36.3 Å². The van der Waals surface area contributed by atoms with Crippen LogP contribution in [0, 0.1) is 0 Å². The maximum Gasteiger partial charge on any atom is 0.652 e. The standard InChI is InChI=1S/C42H38O12Si7.C12H34O13Si8/c43-55(36-22-8-1-9-23-36)46-58(39-28-14-4-15-29-39)48-56(44,37-24-10-2-11-25-37)50-60(41-32-18-6-19-33-41)51-57(45,38-26-12-3-13-27-38)49-59(47-55,40-30-16-5-17-31-40)53-61(52-58,54-60)42-34-20-7-21-35-42;1-7-26-15-28(9-3)19-30(11-5)21-31(12-6)20-29(10-4,23-32(13,17-26)24-30)16-27(8-2)18-33(14,22-28)25-31/h1-35,43-45H;13-14,26-27H,7-12H2,1-6H3. The monoisotopic (exact) mass is 1540 g/mol. The van der Waals surface area contributed by atoms with Crippen LogP contribution in [0.2, 0.25) is 36.3 Å². The van der Waals surface area contributed by atoms with Gasteiger partial charge in [0.15, 0.2) is 0 Å². The van der Waals surface area contributed by atoms with E-state index in [1.54, 1.807) is 176 Å². The maximum atomic E-state index is 13.6. The quantitative estimate of drug-likeness (QED) is 0.102. The van der Waals surface area contributed by atoms with Crippen LogP contribution in [0.15, 0.2) is 212 Å². The first-order valence-corrected chi connectivity index (χ1v) is 57.8. The van der Waals surface area contributed by atoms with Crippen LogP contribution in [0.4, 0.5) is 0 Å². The smallest absolute Gasteiger partial charge is 0.397 e. The SMILES string of the molecule is CC[SiH]1O[Si]2(O)O[Si]3(CC)O[SiH](CC)O[Si]4(O)O[Si](CC)(O1)O[Si](CC)(O2)O[Si](CC)(O4)O3.O[Si]1(c2ccccc2)O[Si]2(c3ccccc3)O[Si](O)(c3ccccc3)O[Si]3(c4ccccc4)O[Si](O)(c4ccccc4)O[Si](c4ccccc4)(O1)O[Si](c1ccccc1)(O2)O3. The zero-order valence-electron chi connectivity index (χ0n) is 52.0. The summed E-state index contributed by atoms with van der Waals surface area (Å²) in [7, 11) is -63.7. The lowest BCUT2D eigenvalue weighted by molar-refractivity contribution is -0.0251. The fraction of sp³-hybridized carbons (Fsp3) is 0.222. The highest BCUT2D eigenvalue weighted by Gasteiger charge is 2.81. The Kier molecular flexibility index (Phi) is 19.7. The Bertz CT molecular complexity index is 3390. The molecule has 0 saturated carbocycles. The van der Waals surface area contributed by atoms with E-state index in [4.69, 9.17) is 82.3 Å². The van der Waals surface area contributed by atoms with E-state index in [0.717, 1.165) is 0 Å². The van der Waals surface area contributed by atoms with Crippen molar-refractivity contribution in [2.45, 2.75) is 77.8 Å². The van der Waals surface area contributed by atoms with Crippen molar-refractivity contribution in [3.63, 3.8) is 0 Å². The van der Waals surface area contributed by atoms with Gasteiger partial charge in [0, 0.05) is 60.5 Å². The third-order valence-electron chi connectivity index (χ3n) is 16.0. The summed E-state index contributed by atoms with van der Waals surface area (Å²) < 4.78 is 136. The normalized spacial score (nSPS) is 39.4. The van der Waals surface area contributed by atoms with Gasteiger partial charge < -0.3 is 106 Å². The van der Waals surface area contributed by atoms with Crippen LogP contribution in [-0.2, 0) is 82.3 Å². The molecule has 0 aromatic heterocycles. The number of rotatable bonds is 13. The molecule has 7 saturated heterocycles. The summed E-state index contributed by atoms with van der Waals surface area (Å²) in [5.74, 6) is 0. The largest absolute Gasteiger partial charge is 0.652 e. The van der Waals surface area contributed by atoms with Crippen molar-refractivity contribution < 1.29 is 106 Å². The van der Waals surface area contributed by atoms with Crippen molar-refractivity contribution >= 4 is 170 Å². The molecule has 0 spiro atoms. The van der Waals surface area contributed by atoms with Gasteiger partial charge in [0.2, 0.25) is 0 Å². The average molecular weight is 1540 g/mol. The van der Waals surface area contributed by atoms with Crippen LogP contribution in [0.25, 0.3) is 0 Å². The molecule has 0 amide bonds. The minimum atomic E-state index is -5.04. The molecular weight excluding hydrogens is 1470 g/mol. The van der Waals surface area contributed by atoms with Gasteiger partial charge in [0.25, 0.3) is 0 Å². The highest BCUT2D eigenvalue weighted by molar-refractivity contribution is 7.10. The van der Waals surface area contributed by atoms with Crippen molar-refractivity contribution in [1.29, 1.82) is 0 Å². The Labute approximate surface area is 562 Å². The van der Waals surface area contributed by atoms with Crippen molar-refractivity contribution in [3.8, 4) is 0 Å². The Morgan fingerprint density at radius 3 is 0.660 bits per heavy atom. The van der Waals surface area contributed by atoms with Gasteiger partial charge in [-0.1, -0.05) is 254 Å². The Hall–Kier alpha value is -3.21. The topological polar surface area (TPSA) is 286 Å². The molecule has 0 radical (unpaired) electrons. The molecule has 7 aliphatic heterocycles. The van der Waals surface area contributed by atoms with E-state index < -0.39 is 134 Å². The van der Waals surface area contributed by atoms with Crippen LogP contribution in [0.3, 0.4) is 0 Å². The maximum absolute atomic E-state index is 13.6. The zero-order valence-corrected chi connectivity index (χ0v) is 67.3. The molecule has 7 aromatic carbocycles. The molecule has 8 unspecified atom stereocenters. The molecule has 14 rings (SSSR count). The van der Waals surface area contributed by atoms with E-state index in [1.807, 2.05) is 77.9 Å². The van der Waals surface area contributed by atoms with E-state index in [2.05, 4.69) is 0 Å². The fourth-order valence-electron chi connectivity index (χ4n) is 11.4. The Morgan fingerprint density at radius 1 is 0.234 bits per heavy atom. The summed E-state index contributed by atoms with van der Waals surface area (Å²) in [6.45, 7) is 11.0. The molecule has 10 bridgehead atoms. The molecule has 94 heavy (non-hydrogen) atoms. The molecule has 0 aliphatic carbocycles. The summed E-state index contributed by atoms with van der Waals surface area (Å²) in [6, 6.07) is 63.4. The molecule has 7 heterocycles. The molecule has 7 aromatic rings. The molecule has 40 heteroatoms. The highest BCUT2D eigenvalue weighted by atomic mass is 28.6. The van der Waals surface area contributed by atoms with Gasteiger partial charge in [-0.2, -0.15) is 0 Å². The lowest BCUT2D eigenvalue weighted by atomic mass is 10.4. The Balaban J connectivity index is 0.000000205. The van der Waals surface area contributed by atoms with Gasteiger partial charge in [-0.25, -0.2) is 0 Å². The van der Waals surface area contributed by atoms with Gasteiger partial charge in [0.05, 0.1) is 0 Å². The molecule has 5 N–H and O–H groups in total. The minimum Gasteiger partial charge on any atom is -0.397 e. The first kappa shape index (κ1) is 69.3. The van der Waals surface area contributed by atoms with Gasteiger partial charge in [-0.05, 0) is 12.1 Å². The first-order valence-electron chi connectivity index (χ1n) is 31.0. The van der Waals surface area contributed by atoms with E-state index in [-0.39, 0.29) is 27.6 Å². The fourth-order valence-corrected chi connectivity index (χ4v) is 84.5. The van der Waals surface area contributed by atoms with Crippen molar-refractivity contribution in [2.24, 2.45) is 0 Å². The molecule has 498 valence electrons. The number of benzene rings is 7.